The van der Waals surface area contributed by atoms with E-state index < -0.39 is 0 Å². The molecule has 2 aromatic carbocycles. The van der Waals surface area contributed by atoms with Gasteiger partial charge >= 0.3 is 144 Å². The zero-order chi connectivity index (χ0) is 15.5. The standard InChI is InChI=1S/C20H22O2Se/c1-3-8-16(9-4-1)18-12-7-13-20(21-14-15-22-20)19(18)23-17-10-5-2-6-11-17/h1-6,8-11,18-19H,7,12-15H2/t18-,19-/m0/s1. The van der Waals surface area contributed by atoms with Gasteiger partial charge in [-0.15, -0.1) is 0 Å². The Kier molecular flexibility index (Phi) is 4.54. The first-order chi connectivity index (χ1) is 11.4. The molecule has 120 valence electrons. The van der Waals surface area contributed by atoms with Crippen LogP contribution in [0.25, 0.3) is 0 Å². The summed E-state index contributed by atoms with van der Waals surface area (Å²) in [5.41, 5.74) is 1.44. The summed E-state index contributed by atoms with van der Waals surface area (Å²) in [6.45, 7) is 1.48. The fraction of sp³-hybridized carbons (Fsp3) is 0.400. The zero-order valence-corrected chi connectivity index (χ0v) is 14.9. The van der Waals surface area contributed by atoms with E-state index >= 15 is 0 Å². The van der Waals surface area contributed by atoms with E-state index in [1.807, 2.05) is 0 Å². The molecule has 0 amide bonds. The predicted octanol–water partition coefficient (Wildman–Crippen LogP) is 3.52. The first kappa shape index (κ1) is 15.4. The Morgan fingerprint density at radius 3 is 2.22 bits per heavy atom. The molecule has 23 heavy (non-hydrogen) atoms. The van der Waals surface area contributed by atoms with Gasteiger partial charge in [-0.05, 0) is 0 Å². The van der Waals surface area contributed by atoms with Crippen molar-refractivity contribution in [1.29, 1.82) is 0 Å². The monoisotopic (exact) mass is 374 g/mol. The zero-order valence-electron chi connectivity index (χ0n) is 13.2. The third kappa shape index (κ3) is 3.11. The molecule has 4 rings (SSSR count). The van der Waals surface area contributed by atoms with E-state index in [2.05, 4.69) is 60.7 Å². The molecular weight excluding hydrogens is 351 g/mol. The van der Waals surface area contributed by atoms with Crippen LogP contribution in [0.4, 0.5) is 0 Å². The molecule has 1 saturated carbocycles. The van der Waals surface area contributed by atoms with E-state index in [0.717, 1.165) is 19.6 Å². The maximum atomic E-state index is 6.21. The second kappa shape index (κ2) is 6.78. The van der Waals surface area contributed by atoms with Gasteiger partial charge in [0.05, 0.1) is 0 Å². The molecule has 0 bridgehead atoms. The summed E-state index contributed by atoms with van der Waals surface area (Å²) in [5, 5.41) is 0. The molecule has 1 spiro atoms. The molecule has 1 saturated heterocycles. The van der Waals surface area contributed by atoms with E-state index in [9.17, 15) is 0 Å². The normalized spacial score (nSPS) is 26.4. The van der Waals surface area contributed by atoms with Gasteiger partial charge in [0.25, 0.3) is 0 Å². The maximum absolute atomic E-state index is 6.21. The molecule has 1 aliphatic heterocycles. The van der Waals surface area contributed by atoms with Gasteiger partial charge in [0.1, 0.15) is 0 Å². The van der Waals surface area contributed by atoms with Crippen molar-refractivity contribution in [2.24, 2.45) is 0 Å². The van der Waals surface area contributed by atoms with E-state index in [0.29, 0.717) is 25.7 Å². The summed E-state index contributed by atoms with van der Waals surface area (Å²) in [6.07, 6.45) is 3.45. The second-order valence-electron chi connectivity index (χ2n) is 6.27. The second-order valence-corrected chi connectivity index (χ2v) is 8.82. The Hall–Kier alpha value is -1.12. The van der Waals surface area contributed by atoms with Crippen LogP contribution in [0.3, 0.4) is 0 Å². The van der Waals surface area contributed by atoms with Crippen molar-refractivity contribution < 1.29 is 9.47 Å². The van der Waals surface area contributed by atoms with E-state index in [1.54, 1.807) is 0 Å². The molecule has 1 heterocycles. The van der Waals surface area contributed by atoms with Crippen LogP contribution >= 0.6 is 0 Å². The predicted molar refractivity (Wildman–Crippen MR) is 93.2 cm³/mol. The average molecular weight is 373 g/mol. The van der Waals surface area contributed by atoms with Gasteiger partial charge in [0.2, 0.25) is 0 Å². The summed E-state index contributed by atoms with van der Waals surface area (Å²) in [7, 11) is 0. The minimum atomic E-state index is -0.353. The summed E-state index contributed by atoms with van der Waals surface area (Å²) >= 11 is 0.340. The van der Waals surface area contributed by atoms with Crippen LogP contribution in [-0.2, 0) is 9.47 Å². The summed E-state index contributed by atoms with van der Waals surface area (Å²) in [4.78, 5) is 0.441. The summed E-state index contributed by atoms with van der Waals surface area (Å²) in [5.74, 6) is 0.178. The summed E-state index contributed by atoms with van der Waals surface area (Å²) < 4.78 is 13.9. The number of ether oxygens (including phenoxy) is 2. The number of rotatable bonds is 3. The molecule has 0 unspecified atom stereocenters. The SMILES string of the molecule is c1ccc([Se][C@H]2[C@H](c3ccccc3)CCCC23OCCO3)cc1. The van der Waals surface area contributed by atoms with Crippen LogP contribution in [0.2, 0.25) is 4.82 Å². The number of benzene rings is 2. The van der Waals surface area contributed by atoms with Crippen LogP contribution < -0.4 is 4.46 Å². The van der Waals surface area contributed by atoms with Crippen molar-refractivity contribution in [3.05, 3.63) is 66.2 Å². The van der Waals surface area contributed by atoms with Crippen LogP contribution in [-0.4, -0.2) is 34.0 Å². The van der Waals surface area contributed by atoms with Gasteiger partial charge in [-0.2, -0.15) is 0 Å². The molecule has 1 aliphatic carbocycles. The third-order valence-electron chi connectivity index (χ3n) is 4.85. The molecule has 2 aliphatic rings. The van der Waals surface area contributed by atoms with Gasteiger partial charge < -0.3 is 0 Å². The van der Waals surface area contributed by atoms with Crippen molar-refractivity contribution in [2.45, 2.75) is 35.8 Å². The first-order valence-electron chi connectivity index (χ1n) is 8.42. The van der Waals surface area contributed by atoms with Crippen molar-refractivity contribution >= 4 is 19.4 Å². The van der Waals surface area contributed by atoms with Crippen molar-refractivity contribution in [2.75, 3.05) is 13.2 Å². The molecule has 0 N–H and O–H groups in total. The molecule has 2 fully saturated rings. The van der Waals surface area contributed by atoms with Gasteiger partial charge in [-0.1, -0.05) is 0 Å². The van der Waals surface area contributed by atoms with Crippen LogP contribution in [0.5, 0.6) is 0 Å². The molecule has 2 nitrogen and oxygen atoms in total. The topological polar surface area (TPSA) is 18.5 Å². The van der Waals surface area contributed by atoms with E-state index in [4.69, 9.17) is 9.47 Å². The first-order valence-corrected chi connectivity index (χ1v) is 10.3. The van der Waals surface area contributed by atoms with Gasteiger partial charge in [-0.25, -0.2) is 0 Å². The van der Waals surface area contributed by atoms with Crippen LogP contribution in [0.1, 0.15) is 30.7 Å². The molecule has 2 atom stereocenters. The van der Waals surface area contributed by atoms with Crippen LogP contribution in [0.15, 0.2) is 60.7 Å². The van der Waals surface area contributed by atoms with Gasteiger partial charge in [-0.3, -0.25) is 0 Å². The van der Waals surface area contributed by atoms with Crippen molar-refractivity contribution in [1.82, 2.24) is 0 Å². The molecule has 0 aromatic heterocycles. The average Bonchev–Trinajstić information content (AvgIpc) is 3.08. The molecule has 3 heteroatoms. The Bertz CT molecular complexity index is 623. The number of hydrogen-bond acceptors (Lipinski definition) is 2. The van der Waals surface area contributed by atoms with Crippen molar-refractivity contribution in [3.8, 4) is 0 Å². The fourth-order valence-corrected chi connectivity index (χ4v) is 6.95. The Labute approximate surface area is 144 Å². The minimum absolute atomic E-state index is 0.340. The molecule has 2 aromatic rings. The Morgan fingerprint density at radius 1 is 0.870 bits per heavy atom. The van der Waals surface area contributed by atoms with Crippen molar-refractivity contribution in [3.63, 3.8) is 0 Å². The van der Waals surface area contributed by atoms with Crippen LogP contribution in [0, 0.1) is 0 Å². The van der Waals surface area contributed by atoms with Gasteiger partial charge in [0.15, 0.2) is 0 Å². The molecule has 0 radical (unpaired) electrons. The van der Waals surface area contributed by atoms with Gasteiger partial charge in [0, 0.05) is 0 Å². The van der Waals surface area contributed by atoms with E-state index in [-0.39, 0.29) is 5.79 Å². The third-order valence-corrected chi connectivity index (χ3v) is 7.97. The number of hydrogen-bond donors (Lipinski definition) is 0. The fourth-order valence-electron chi connectivity index (χ4n) is 3.81. The Morgan fingerprint density at radius 2 is 1.52 bits per heavy atom. The van der Waals surface area contributed by atoms with E-state index in [1.165, 1.54) is 22.9 Å². The Balaban J connectivity index is 1.69. The summed E-state index contributed by atoms with van der Waals surface area (Å²) in [6, 6.07) is 21.8. The quantitative estimate of drug-likeness (QED) is 0.767. The molecular formula is C20H22O2Se.